The van der Waals surface area contributed by atoms with Gasteiger partial charge in [0.05, 0.1) is 25.3 Å². The van der Waals surface area contributed by atoms with E-state index < -0.39 is 5.97 Å². The van der Waals surface area contributed by atoms with Gasteiger partial charge in [-0.3, -0.25) is 0 Å². The quantitative estimate of drug-likeness (QED) is 0.514. The molecule has 2 aromatic carbocycles. The summed E-state index contributed by atoms with van der Waals surface area (Å²) in [6.45, 7) is 6.86. The molecule has 2 amide bonds. The van der Waals surface area contributed by atoms with Gasteiger partial charge in [-0.15, -0.1) is 10.2 Å². The summed E-state index contributed by atoms with van der Waals surface area (Å²) >= 11 is 6.03. The molecular weight excluding hydrogens is 454 g/mol. The molecule has 178 valence electrons. The number of carbonyl (C=O) groups is 2. The molecule has 1 saturated heterocycles. The van der Waals surface area contributed by atoms with E-state index in [0.717, 1.165) is 41.2 Å². The van der Waals surface area contributed by atoms with Crippen molar-refractivity contribution in [3.05, 3.63) is 75.3 Å². The maximum atomic E-state index is 13.3. The lowest BCUT2D eigenvalue weighted by Crippen LogP contribution is -2.36. The van der Waals surface area contributed by atoms with Crippen LogP contribution in [-0.4, -0.2) is 45.3 Å². The average Bonchev–Trinajstić information content (AvgIpc) is 3.43. The van der Waals surface area contributed by atoms with Crippen LogP contribution in [0.25, 0.3) is 0 Å². The van der Waals surface area contributed by atoms with Crippen molar-refractivity contribution in [3.63, 3.8) is 0 Å². The lowest BCUT2D eigenvalue weighted by atomic mass is 10.0. The van der Waals surface area contributed by atoms with Crippen LogP contribution >= 0.6 is 11.6 Å². The predicted molar refractivity (Wildman–Crippen MR) is 130 cm³/mol. The van der Waals surface area contributed by atoms with Crippen molar-refractivity contribution in [2.75, 3.05) is 19.0 Å². The van der Waals surface area contributed by atoms with Crippen molar-refractivity contribution in [3.8, 4) is 0 Å². The molecule has 1 aromatic heterocycles. The molecule has 2 heterocycles. The van der Waals surface area contributed by atoms with Crippen LogP contribution in [0.1, 0.15) is 57.6 Å². The van der Waals surface area contributed by atoms with Gasteiger partial charge in [0.25, 0.3) is 0 Å². The summed E-state index contributed by atoms with van der Waals surface area (Å²) < 4.78 is 6.92. The number of benzene rings is 2. The van der Waals surface area contributed by atoms with Crippen LogP contribution in [0.15, 0.2) is 36.4 Å². The van der Waals surface area contributed by atoms with E-state index in [2.05, 4.69) is 15.5 Å². The molecule has 1 aliphatic rings. The monoisotopic (exact) mass is 481 g/mol. The van der Waals surface area contributed by atoms with E-state index in [1.54, 1.807) is 11.0 Å². The summed E-state index contributed by atoms with van der Waals surface area (Å²) in [6.07, 6.45) is 1.66. The van der Waals surface area contributed by atoms with E-state index >= 15 is 0 Å². The molecule has 1 N–H and O–H groups in total. The second kappa shape index (κ2) is 9.85. The number of esters is 1. The van der Waals surface area contributed by atoms with Gasteiger partial charge in [0.1, 0.15) is 5.82 Å². The van der Waals surface area contributed by atoms with Crippen LogP contribution in [0, 0.1) is 20.8 Å². The van der Waals surface area contributed by atoms with Crippen molar-refractivity contribution in [1.29, 1.82) is 0 Å². The number of amides is 2. The predicted octanol–water partition coefficient (Wildman–Crippen LogP) is 5.06. The van der Waals surface area contributed by atoms with Gasteiger partial charge in [0, 0.05) is 17.3 Å². The zero-order valence-corrected chi connectivity index (χ0v) is 20.5. The topological polar surface area (TPSA) is 89.3 Å². The number of urea groups is 1. The second-order valence-electron chi connectivity index (χ2n) is 8.57. The van der Waals surface area contributed by atoms with Crippen molar-refractivity contribution >= 4 is 29.3 Å². The number of hydrogen-bond acceptors (Lipinski definition) is 5. The van der Waals surface area contributed by atoms with Gasteiger partial charge >= 0.3 is 12.0 Å². The Hall–Kier alpha value is -3.39. The fourth-order valence-electron chi connectivity index (χ4n) is 4.39. The number of anilines is 1. The highest BCUT2D eigenvalue weighted by Crippen LogP contribution is 2.33. The molecule has 34 heavy (non-hydrogen) atoms. The fraction of sp³-hybridized carbons (Fsp3) is 0.360. The first-order valence-corrected chi connectivity index (χ1v) is 11.6. The Balaban J connectivity index is 1.57. The summed E-state index contributed by atoms with van der Waals surface area (Å²) in [5.41, 5.74) is 3.76. The summed E-state index contributed by atoms with van der Waals surface area (Å²) in [6, 6.07) is 10.8. The normalized spacial score (nSPS) is 15.4. The lowest BCUT2D eigenvalue weighted by molar-refractivity contribution is 0.0600. The Bertz CT molecular complexity index is 1220. The number of carbonyl (C=O) groups excluding carboxylic acids is 2. The molecule has 1 fully saturated rings. The standard InChI is InChI=1S/C25H28ClN5O3/c1-15-12-16(2)21(13-20(15)24(32)34-4)27-25(33)30-11-5-6-22(30)23-29-28-17(3)31(23)14-18-7-9-19(26)10-8-18/h7-10,12-13,22H,5-6,11,14H2,1-4H3,(H,27,33)/t22-/m1/s1. The third-order valence-corrected chi connectivity index (χ3v) is 6.50. The Labute approximate surface area is 203 Å². The van der Waals surface area contributed by atoms with E-state index in [9.17, 15) is 9.59 Å². The third kappa shape index (κ3) is 4.77. The van der Waals surface area contributed by atoms with Gasteiger partial charge < -0.3 is 19.5 Å². The van der Waals surface area contributed by atoms with Crippen LogP contribution in [0.2, 0.25) is 5.02 Å². The van der Waals surface area contributed by atoms with Gasteiger partial charge in [0.2, 0.25) is 0 Å². The van der Waals surface area contributed by atoms with Crippen LogP contribution < -0.4 is 5.32 Å². The van der Waals surface area contributed by atoms with E-state index in [1.807, 2.05) is 55.7 Å². The van der Waals surface area contributed by atoms with Crippen LogP contribution in [-0.2, 0) is 11.3 Å². The summed E-state index contributed by atoms with van der Waals surface area (Å²) in [5.74, 6) is 1.11. The Morgan fingerprint density at radius 1 is 1.12 bits per heavy atom. The number of likely N-dealkylation sites (tertiary alicyclic amines) is 1. The smallest absolute Gasteiger partial charge is 0.338 e. The molecule has 0 aliphatic carbocycles. The number of nitrogens with zero attached hydrogens (tertiary/aromatic N) is 4. The minimum Gasteiger partial charge on any atom is -0.465 e. The Kier molecular flexibility index (Phi) is 6.88. The molecule has 0 radical (unpaired) electrons. The highest BCUT2D eigenvalue weighted by Gasteiger charge is 2.34. The summed E-state index contributed by atoms with van der Waals surface area (Å²) in [7, 11) is 1.34. The van der Waals surface area contributed by atoms with E-state index in [4.69, 9.17) is 16.3 Å². The molecule has 9 heteroatoms. The maximum Gasteiger partial charge on any atom is 0.338 e. The molecule has 3 aromatic rings. The maximum absolute atomic E-state index is 13.3. The zero-order chi connectivity index (χ0) is 24.4. The largest absolute Gasteiger partial charge is 0.465 e. The Morgan fingerprint density at radius 2 is 1.85 bits per heavy atom. The van der Waals surface area contributed by atoms with Crippen LogP contribution in [0.4, 0.5) is 10.5 Å². The summed E-state index contributed by atoms with van der Waals surface area (Å²) in [5, 5.41) is 12.4. The summed E-state index contributed by atoms with van der Waals surface area (Å²) in [4.78, 5) is 27.2. The highest BCUT2D eigenvalue weighted by atomic mass is 35.5. The number of aryl methyl sites for hydroxylation is 3. The van der Waals surface area contributed by atoms with Crippen molar-refractivity contribution in [1.82, 2.24) is 19.7 Å². The number of halogens is 1. The molecule has 8 nitrogen and oxygen atoms in total. The highest BCUT2D eigenvalue weighted by molar-refractivity contribution is 6.30. The molecule has 1 aliphatic heterocycles. The minimum absolute atomic E-state index is 0.195. The average molecular weight is 482 g/mol. The molecular formula is C25H28ClN5O3. The molecule has 4 rings (SSSR count). The Morgan fingerprint density at radius 3 is 2.56 bits per heavy atom. The first-order valence-electron chi connectivity index (χ1n) is 11.2. The number of rotatable bonds is 5. The number of methoxy groups -OCH3 is 1. The van der Waals surface area contributed by atoms with Crippen LogP contribution in [0.3, 0.4) is 0 Å². The zero-order valence-electron chi connectivity index (χ0n) is 19.8. The SMILES string of the molecule is COC(=O)c1cc(NC(=O)N2CCC[C@@H]2c2nnc(C)n2Cc2ccc(Cl)cc2)c(C)cc1C. The second-order valence-corrected chi connectivity index (χ2v) is 9.01. The third-order valence-electron chi connectivity index (χ3n) is 6.25. The van der Waals surface area contributed by atoms with Crippen molar-refractivity contribution < 1.29 is 14.3 Å². The van der Waals surface area contributed by atoms with E-state index in [0.29, 0.717) is 29.4 Å². The molecule has 0 saturated carbocycles. The van der Waals surface area contributed by atoms with Gasteiger partial charge in [-0.05, 0) is 68.5 Å². The first kappa shape index (κ1) is 23.8. The first-order chi connectivity index (χ1) is 16.3. The van der Waals surface area contributed by atoms with Crippen LogP contribution in [0.5, 0.6) is 0 Å². The van der Waals surface area contributed by atoms with Gasteiger partial charge in [-0.2, -0.15) is 0 Å². The lowest BCUT2D eigenvalue weighted by Gasteiger charge is -2.25. The van der Waals surface area contributed by atoms with Gasteiger partial charge in [0.15, 0.2) is 5.82 Å². The molecule has 0 bridgehead atoms. The number of nitrogens with one attached hydrogen (secondary N) is 1. The van der Waals surface area contributed by atoms with E-state index in [-0.39, 0.29) is 12.1 Å². The van der Waals surface area contributed by atoms with Crippen molar-refractivity contribution in [2.45, 2.75) is 46.2 Å². The fourth-order valence-corrected chi connectivity index (χ4v) is 4.52. The number of ether oxygens (including phenoxy) is 1. The number of aromatic nitrogens is 3. The van der Waals surface area contributed by atoms with E-state index in [1.165, 1.54) is 7.11 Å². The minimum atomic E-state index is -0.433. The van der Waals surface area contributed by atoms with Gasteiger partial charge in [-0.25, -0.2) is 9.59 Å². The van der Waals surface area contributed by atoms with Crippen molar-refractivity contribution in [2.24, 2.45) is 0 Å². The molecule has 0 spiro atoms. The molecule has 0 unspecified atom stereocenters. The van der Waals surface area contributed by atoms with Gasteiger partial charge in [-0.1, -0.05) is 29.8 Å². The molecule has 1 atom stereocenters. The number of hydrogen-bond donors (Lipinski definition) is 1.